The molecule has 0 bridgehead atoms. The van der Waals surface area contributed by atoms with Crippen molar-refractivity contribution in [1.29, 1.82) is 0 Å². The van der Waals surface area contributed by atoms with Crippen LogP contribution in [0.4, 0.5) is 4.39 Å². The molecule has 1 amide bonds. The topological polar surface area (TPSA) is 50.2 Å². The molecule has 5 nitrogen and oxygen atoms in total. The van der Waals surface area contributed by atoms with E-state index in [1.54, 1.807) is 23.1 Å². The lowest BCUT2D eigenvalue weighted by atomic mass is 10.1. The predicted octanol–water partition coefficient (Wildman–Crippen LogP) is 2.29. The van der Waals surface area contributed by atoms with Gasteiger partial charge in [0.2, 0.25) is 0 Å². The molecule has 128 valence electrons. The van der Waals surface area contributed by atoms with Crippen LogP contribution >= 0.6 is 0 Å². The van der Waals surface area contributed by atoms with E-state index in [0.29, 0.717) is 24.6 Å². The van der Waals surface area contributed by atoms with Crippen LogP contribution in [0.3, 0.4) is 0 Å². The lowest BCUT2D eigenvalue weighted by Gasteiger charge is -2.16. The Hall–Kier alpha value is -2.21. The highest BCUT2D eigenvalue weighted by molar-refractivity contribution is 5.93. The highest BCUT2D eigenvalue weighted by Crippen LogP contribution is 2.19. The van der Waals surface area contributed by atoms with Crippen LogP contribution in [-0.2, 0) is 13.1 Å². The molecule has 1 aliphatic rings. The lowest BCUT2D eigenvalue weighted by molar-refractivity contribution is 0.0947. The van der Waals surface area contributed by atoms with Crippen LogP contribution in [0.2, 0.25) is 0 Å². The van der Waals surface area contributed by atoms with Gasteiger partial charge in [-0.3, -0.25) is 14.4 Å². The molecule has 0 saturated carbocycles. The van der Waals surface area contributed by atoms with Crippen LogP contribution in [0.1, 0.15) is 29.3 Å². The summed E-state index contributed by atoms with van der Waals surface area (Å²) in [6, 6.07) is 6.90. The standard InChI is InChI=1S/C18H23FN4O/c1-2-23-13-16(10-21-23)18(24)20-9-14-7-8-22(11-14)12-15-5-3-4-6-17(15)19/h3-6,10,13-14H,2,7-9,11-12H2,1H3,(H,20,24). The minimum atomic E-state index is -0.151. The van der Waals surface area contributed by atoms with Gasteiger partial charge in [0.1, 0.15) is 5.82 Å². The molecular formula is C18H23FN4O. The van der Waals surface area contributed by atoms with Gasteiger partial charge in [-0.15, -0.1) is 0 Å². The number of benzene rings is 1. The van der Waals surface area contributed by atoms with Gasteiger partial charge in [-0.1, -0.05) is 18.2 Å². The molecule has 1 unspecified atom stereocenters. The number of halogens is 1. The number of likely N-dealkylation sites (tertiary alicyclic amines) is 1. The number of aryl methyl sites for hydroxylation is 1. The van der Waals surface area contributed by atoms with Crippen molar-refractivity contribution in [1.82, 2.24) is 20.0 Å². The molecule has 6 heteroatoms. The van der Waals surface area contributed by atoms with Crippen molar-refractivity contribution in [3.63, 3.8) is 0 Å². The Kier molecular flexibility index (Phi) is 5.25. The summed E-state index contributed by atoms with van der Waals surface area (Å²) in [4.78, 5) is 14.4. The van der Waals surface area contributed by atoms with E-state index >= 15 is 0 Å². The van der Waals surface area contributed by atoms with Crippen molar-refractivity contribution in [3.05, 3.63) is 53.6 Å². The molecular weight excluding hydrogens is 307 g/mol. The molecule has 2 heterocycles. The first-order valence-corrected chi connectivity index (χ1v) is 8.42. The monoisotopic (exact) mass is 330 g/mol. The number of amides is 1. The van der Waals surface area contributed by atoms with Crippen LogP contribution < -0.4 is 5.32 Å². The molecule has 1 N–H and O–H groups in total. The summed E-state index contributed by atoms with van der Waals surface area (Å²) in [7, 11) is 0. The second kappa shape index (κ2) is 7.57. The number of rotatable bonds is 6. The van der Waals surface area contributed by atoms with Gasteiger partial charge >= 0.3 is 0 Å². The summed E-state index contributed by atoms with van der Waals surface area (Å²) in [6.07, 6.45) is 4.37. The van der Waals surface area contributed by atoms with E-state index < -0.39 is 0 Å². The molecule has 0 aliphatic carbocycles. The molecule has 0 spiro atoms. The third-order valence-electron chi connectivity index (χ3n) is 4.49. The van der Waals surface area contributed by atoms with Gasteiger partial charge in [-0.2, -0.15) is 5.10 Å². The lowest BCUT2D eigenvalue weighted by Crippen LogP contribution is -2.30. The first-order valence-electron chi connectivity index (χ1n) is 8.42. The van der Waals surface area contributed by atoms with Crippen molar-refractivity contribution in [2.24, 2.45) is 5.92 Å². The number of nitrogens with one attached hydrogen (secondary N) is 1. The maximum atomic E-state index is 13.7. The van der Waals surface area contributed by atoms with Gasteiger partial charge < -0.3 is 5.32 Å². The summed E-state index contributed by atoms with van der Waals surface area (Å²) in [5, 5.41) is 7.10. The minimum Gasteiger partial charge on any atom is -0.352 e. The summed E-state index contributed by atoms with van der Waals surface area (Å²) in [6.45, 7) is 5.81. The summed E-state index contributed by atoms with van der Waals surface area (Å²) < 4.78 is 15.5. The number of aromatic nitrogens is 2. The Morgan fingerprint density at radius 2 is 2.25 bits per heavy atom. The molecule has 1 saturated heterocycles. The van der Waals surface area contributed by atoms with Gasteiger partial charge in [0, 0.05) is 37.9 Å². The van der Waals surface area contributed by atoms with Crippen LogP contribution in [0.25, 0.3) is 0 Å². The summed E-state index contributed by atoms with van der Waals surface area (Å²) in [5.41, 5.74) is 1.33. The SMILES string of the molecule is CCn1cc(C(=O)NCC2CCN(Cc3ccccc3F)C2)cn1. The molecule has 2 aromatic rings. The Morgan fingerprint density at radius 3 is 3.00 bits per heavy atom. The molecule has 1 atom stereocenters. The van der Waals surface area contributed by atoms with Crippen LogP contribution in [0.15, 0.2) is 36.7 Å². The molecule has 1 fully saturated rings. The molecule has 24 heavy (non-hydrogen) atoms. The van der Waals surface area contributed by atoms with Gasteiger partial charge in [0.05, 0.1) is 11.8 Å². The largest absolute Gasteiger partial charge is 0.352 e. The summed E-state index contributed by atoms with van der Waals surface area (Å²) >= 11 is 0. The Morgan fingerprint density at radius 1 is 1.42 bits per heavy atom. The van der Waals surface area contributed by atoms with Crippen molar-refractivity contribution in [3.8, 4) is 0 Å². The molecule has 0 radical (unpaired) electrons. The third kappa shape index (κ3) is 4.00. The fraction of sp³-hybridized carbons (Fsp3) is 0.444. The zero-order chi connectivity index (χ0) is 16.9. The maximum Gasteiger partial charge on any atom is 0.254 e. The highest BCUT2D eigenvalue weighted by Gasteiger charge is 2.23. The van der Waals surface area contributed by atoms with E-state index in [4.69, 9.17) is 0 Å². The Labute approximate surface area is 141 Å². The predicted molar refractivity (Wildman–Crippen MR) is 90.0 cm³/mol. The van der Waals surface area contributed by atoms with Crippen molar-refractivity contribution in [2.75, 3.05) is 19.6 Å². The normalized spacial score (nSPS) is 18.0. The Balaban J connectivity index is 1.46. The smallest absolute Gasteiger partial charge is 0.254 e. The second-order valence-electron chi connectivity index (χ2n) is 6.28. The van der Waals surface area contributed by atoms with Gasteiger partial charge in [-0.05, 0) is 31.9 Å². The number of carbonyl (C=O) groups is 1. The fourth-order valence-corrected chi connectivity index (χ4v) is 3.08. The van der Waals surface area contributed by atoms with Gasteiger partial charge in [0.25, 0.3) is 5.91 Å². The van der Waals surface area contributed by atoms with E-state index in [1.807, 2.05) is 19.1 Å². The van der Waals surface area contributed by atoms with E-state index in [-0.39, 0.29) is 11.7 Å². The fourth-order valence-electron chi connectivity index (χ4n) is 3.08. The molecule has 3 rings (SSSR count). The first kappa shape index (κ1) is 16.6. The zero-order valence-electron chi connectivity index (χ0n) is 13.9. The van der Waals surface area contributed by atoms with Crippen LogP contribution in [0, 0.1) is 11.7 Å². The van der Waals surface area contributed by atoms with Crippen LogP contribution in [0.5, 0.6) is 0 Å². The summed E-state index contributed by atoms with van der Waals surface area (Å²) in [5.74, 6) is 0.173. The van der Waals surface area contributed by atoms with E-state index in [0.717, 1.165) is 31.6 Å². The first-order chi connectivity index (χ1) is 11.7. The minimum absolute atomic E-state index is 0.0812. The second-order valence-corrected chi connectivity index (χ2v) is 6.28. The Bertz CT molecular complexity index is 700. The zero-order valence-corrected chi connectivity index (χ0v) is 13.9. The molecule has 1 aromatic heterocycles. The average Bonchev–Trinajstić information content (AvgIpc) is 3.24. The third-order valence-corrected chi connectivity index (χ3v) is 4.49. The number of hydrogen-bond acceptors (Lipinski definition) is 3. The van der Waals surface area contributed by atoms with E-state index in [1.165, 1.54) is 6.07 Å². The number of nitrogens with zero attached hydrogens (tertiary/aromatic N) is 3. The number of carbonyl (C=O) groups excluding carboxylic acids is 1. The van der Waals surface area contributed by atoms with Crippen molar-refractivity contribution < 1.29 is 9.18 Å². The van der Waals surface area contributed by atoms with Crippen LogP contribution in [-0.4, -0.2) is 40.2 Å². The molecule has 1 aliphatic heterocycles. The quantitative estimate of drug-likeness (QED) is 0.884. The van der Waals surface area contributed by atoms with Crippen molar-refractivity contribution >= 4 is 5.91 Å². The van der Waals surface area contributed by atoms with E-state index in [2.05, 4.69) is 15.3 Å². The maximum absolute atomic E-state index is 13.7. The van der Waals surface area contributed by atoms with Crippen molar-refractivity contribution in [2.45, 2.75) is 26.4 Å². The molecule has 1 aromatic carbocycles. The highest BCUT2D eigenvalue weighted by atomic mass is 19.1. The van der Waals surface area contributed by atoms with E-state index in [9.17, 15) is 9.18 Å². The van der Waals surface area contributed by atoms with Gasteiger partial charge in [0.15, 0.2) is 0 Å². The number of hydrogen-bond donors (Lipinski definition) is 1. The average molecular weight is 330 g/mol. The van der Waals surface area contributed by atoms with Gasteiger partial charge in [-0.25, -0.2) is 4.39 Å².